The van der Waals surface area contributed by atoms with Crippen LogP contribution in [-0.4, -0.2) is 25.9 Å². The predicted molar refractivity (Wildman–Crippen MR) is 93.8 cm³/mol. The fourth-order valence-corrected chi connectivity index (χ4v) is 3.92. The lowest BCUT2D eigenvalue weighted by Crippen LogP contribution is -2.07. The molecule has 0 saturated heterocycles. The molecule has 0 N–H and O–H groups in total. The summed E-state index contributed by atoms with van der Waals surface area (Å²) in [7, 11) is -3.68. The standard InChI is InChI=1S/C17H13OS.FHO3S/c1-18-12-7-8-13-11(10-12)6-9-16-17(13)14-4-2-3-5-15(14)19-16;1-5(2,3)4/h2-9H,10H2,1H3;(H,2,3,4)/q+1;/p-1. The van der Waals surface area contributed by atoms with Crippen LogP contribution in [0.5, 0.6) is 0 Å². The summed E-state index contributed by atoms with van der Waals surface area (Å²) in [5, 5.41) is 2.76. The number of thiophene rings is 1. The smallest absolute Gasteiger partial charge is 0.323 e. The Hall–Kier alpha value is -2.09. The van der Waals surface area contributed by atoms with E-state index in [1.165, 1.54) is 31.3 Å². The summed E-state index contributed by atoms with van der Waals surface area (Å²) in [6, 6.07) is 13.1. The van der Waals surface area contributed by atoms with Crippen LogP contribution in [0.4, 0.5) is 3.89 Å². The molecule has 0 aliphatic heterocycles. The Labute approximate surface area is 142 Å². The van der Waals surface area contributed by atoms with Gasteiger partial charge in [0, 0.05) is 26.2 Å². The number of fused-ring (bicyclic) bond motifs is 5. The zero-order chi connectivity index (χ0) is 17.3. The number of carbonyl (C=O) groups excluding carboxylic acids is 1. The SMILES string of the molecule is C[O+]=C1C=Cc2c(ccc3sc4ccccc4c23)C1.O=S(=O)([O-])F. The minimum absolute atomic E-state index is 0.891. The van der Waals surface area contributed by atoms with Gasteiger partial charge >= 0.3 is 5.78 Å². The van der Waals surface area contributed by atoms with E-state index in [0.29, 0.717) is 0 Å². The van der Waals surface area contributed by atoms with Gasteiger partial charge in [-0.15, -0.1) is 15.2 Å². The molecule has 0 atom stereocenters. The monoisotopic (exact) mass is 364 g/mol. The molecular weight excluding hydrogens is 351 g/mol. The largest absolute Gasteiger partial charge is 0.722 e. The molecule has 0 amide bonds. The van der Waals surface area contributed by atoms with Crippen molar-refractivity contribution >= 4 is 53.9 Å². The topological polar surface area (TPSA) is 68.5 Å². The van der Waals surface area contributed by atoms with Crippen LogP contribution in [-0.2, 0) is 21.3 Å². The van der Waals surface area contributed by atoms with Crippen LogP contribution in [0.25, 0.3) is 26.2 Å². The highest BCUT2D eigenvalue weighted by Gasteiger charge is 2.19. The third-order valence-electron chi connectivity index (χ3n) is 3.74. The number of benzene rings is 2. The van der Waals surface area contributed by atoms with E-state index in [0.717, 1.165) is 12.2 Å². The van der Waals surface area contributed by atoms with Crippen molar-refractivity contribution in [3.8, 4) is 0 Å². The second-order valence-corrected chi connectivity index (χ2v) is 7.05. The third-order valence-corrected chi connectivity index (χ3v) is 4.87. The molecule has 0 bridgehead atoms. The highest BCUT2D eigenvalue weighted by atomic mass is 32.3. The molecule has 0 radical (unpaired) electrons. The number of hydrogen-bond donors (Lipinski definition) is 0. The van der Waals surface area contributed by atoms with E-state index < -0.39 is 10.5 Å². The highest BCUT2D eigenvalue weighted by molar-refractivity contribution is 7.80. The van der Waals surface area contributed by atoms with Crippen molar-refractivity contribution in [2.24, 2.45) is 0 Å². The third kappa shape index (κ3) is 3.53. The van der Waals surface area contributed by atoms with Crippen LogP contribution < -0.4 is 0 Å². The summed E-state index contributed by atoms with van der Waals surface area (Å²) in [5.74, 6) is 1.03. The average Bonchev–Trinajstić information content (AvgIpc) is 2.91. The number of halogens is 1. The minimum atomic E-state index is -5.42. The Bertz CT molecular complexity index is 1070. The van der Waals surface area contributed by atoms with Crippen LogP contribution in [0.3, 0.4) is 0 Å². The van der Waals surface area contributed by atoms with E-state index in [9.17, 15) is 3.89 Å². The predicted octanol–water partition coefficient (Wildman–Crippen LogP) is 3.77. The van der Waals surface area contributed by atoms with Gasteiger partial charge in [-0.05, 0) is 29.3 Å². The maximum absolute atomic E-state index is 10.1. The van der Waals surface area contributed by atoms with Gasteiger partial charge in [-0.1, -0.05) is 24.3 Å². The maximum atomic E-state index is 10.1. The minimum Gasteiger partial charge on any atom is -0.722 e. The molecule has 4 nitrogen and oxygen atoms in total. The Balaban J connectivity index is 0.000000300. The maximum Gasteiger partial charge on any atom is 0.323 e. The molecule has 0 spiro atoms. The van der Waals surface area contributed by atoms with Crippen LogP contribution in [0, 0.1) is 0 Å². The molecule has 3 aromatic rings. The first kappa shape index (κ1) is 16.8. The summed E-state index contributed by atoms with van der Waals surface area (Å²) in [4.78, 5) is 0. The van der Waals surface area contributed by atoms with Gasteiger partial charge < -0.3 is 4.55 Å². The van der Waals surface area contributed by atoms with Crippen LogP contribution in [0.15, 0.2) is 42.5 Å². The van der Waals surface area contributed by atoms with Crippen molar-refractivity contribution in [2.75, 3.05) is 7.11 Å². The van der Waals surface area contributed by atoms with Crippen molar-refractivity contribution < 1.29 is 21.3 Å². The van der Waals surface area contributed by atoms with Gasteiger partial charge in [0.2, 0.25) is 0 Å². The fraction of sp³-hybridized carbons (Fsp3) is 0.118. The summed E-state index contributed by atoms with van der Waals surface area (Å²) in [6.45, 7) is 0. The Morgan fingerprint density at radius 3 is 2.54 bits per heavy atom. The van der Waals surface area contributed by atoms with Crippen LogP contribution in [0.2, 0.25) is 0 Å². The molecule has 0 saturated carbocycles. The lowest BCUT2D eigenvalue weighted by atomic mass is 9.93. The molecule has 2 aromatic carbocycles. The first-order valence-electron chi connectivity index (χ1n) is 7.03. The average molecular weight is 364 g/mol. The lowest BCUT2D eigenvalue weighted by Gasteiger charge is -2.09. The first-order valence-corrected chi connectivity index (χ1v) is 9.16. The molecule has 1 aromatic heterocycles. The summed E-state index contributed by atoms with van der Waals surface area (Å²) in [6.07, 6.45) is 5.18. The summed E-state index contributed by atoms with van der Waals surface area (Å²) in [5.41, 5.74) is 2.71. The van der Waals surface area contributed by atoms with Gasteiger partial charge in [-0.2, -0.15) is 0 Å². The molecule has 124 valence electrons. The highest BCUT2D eigenvalue weighted by Crippen LogP contribution is 2.38. The van der Waals surface area contributed by atoms with Crippen LogP contribution in [0.1, 0.15) is 11.1 Å². The summed E-state index contributed by atoms with van der Waals surface area (Å²) < 4.78 is 43.4. The second kappa shape index (κ2) is 6.43. The molecule has 24 heavy (non-hydrogen) atoms. The van der Waals surface area contributed by atoms with E-state index >= 15 is 0 Å². The van der Waals surface area contributed by atoms with Gasteiger partial charge in [-0.25, -0.2) is 8.42 Å². The fourth-order valence-electron chi connectivity index (χ4n) is 2.79. The van der Waals surface area contributed by atoms with Gasteiger partial charge in [-0.3, -0.25) is 4.42 Å². The molecule has 0 unspecified atom stereocenters. The molecule has 0 fully saturated rings. The molecule has 4 rings (SSSR count). The van der Waals surface area contributed by atoms with Crippen molar-refractivity contribution in [1.82, 2.24) is 0 Å². The van der Waals surface area contributed by atoms with Gasteiger partial charge in [0.15, 0.2) is 0 Å². The molecule has 1 heterocycles. The van der Waals surface area contributed by atoms with E-state index in [-0.39, 0.29) is 0 Å². The zero-order valence-corrected chi connectivity index (χ0v) is 14.3. The zero-order valence-electron chi connectivity index (χ0n) is 12.7. The van der Waals surface area contributed by atoms with E-state index in [1.807, 2.05) is 11.3 Å². The first-order chi connectivity index (χ1) is 11.4. The normalized spacial score (nSPS) is 15.4. The van der Waals surface area contributed by atoms with Crippen molar-refractivity contribution in [3.05, 3.63) is 53.6 Å². The number of allylic oxidation sites excluding steroid dienone is 1. The van der Waals surface area contributed by atoms with E-state index in [4.69, 9.17) is 17.4 Å². The van der Waals surface area contributed by atoms with Crippen molar-refractivity contribution in [1.29, 1.82) is 0 Å². The lowest BCUT2D eigenvalue weighted by molar-refractivity contribution is -0.420. The van der Waals surface area contributed by atoms with Crippen LogP contribution >= 0.6 is 11.3 Å². The van der Waals surface area contributed by atoms with E-state index in [1.54, 1.807) is 7.11 Å². The number of hydrogen-bond acceptors (Lipinski definition) is 4. The van der Waals surface area contributed by atoms with E-state index in [2.05, 4.69) is 48.6 Å². The Kier molecular flexibility index (Phi) is 4.49. The van der Waals surface area contributed by atoms with Crippen molar-refractivity contribution in [3.63, 3.8) is 0 Å². The number of rotatable bonds is 0. The van der Waals surface area contributed by atoms with Gasteiger partial charge in [0.05, 0.1) is 6.42 Å². The summed E-state index contributed by atoms with van der Waals surface area (Å²) >= 11 is 1.87. The quantitative estimate of drug-likeness (QED) is 0.346. The van der Waals surface area contributed by atoms with Gasteiger partial charge in [0.25, 0.3) is 17.6 Å². The number of ketones is 1. The molecule has 7 heteroatoms. The second-order valence-electron chi connectivity index (χ2n) is 5.18. The molecule has 1 aliphatic rings. The Morgan fingerprint density at radius 2 is 1.83 bits per heavy atom. The van der Waals surface area contributed by atoms with Gasteiger partial charge in [0.1, 0.15) is 0 Å². The Morgan fingerprint density at radius 1 is 1.12 bits per heavy atom. The molecule has 1 aliphatic carbocycles. The van der Waals surface area contributed by atoms with Crippen molar-refractivity contribution in [2.45, 2.75) is 6.42 Å². The molecular formula is C17H13FO4S2.